The zero-order chi connectivity index (χ0) is 24.5. The Labute approximate surface area is 183 Å². The lowest BCUT2D eigenvalue weighted by molar-refractivity contribution is -0.384. The molecule has 0 atom stereocenters. The summed E-state index contributed by atoms with van der Waals surface area (Å²) in [5.41, 5.74) is 4.42. The molecule has 0 spiro atoms. The summed E-state index contributed by atoms with van der Waals surface area (Å²) in [6.45, 7) is 1.06. The molecule has 0 aromatic heterocycles. The summed E-state index contributed by atoms with van der Waals surface area (Å²) in [7, 11) is -13.1. The summed E-state index contributed by atoms with van der Waals surface area (Å²) in [5.74, 6) is 0. The summed E-state index contributed by atoms with van der Waals surface area (Å²) in [4.78, 5) is 9.44. The van der Waals surface area contributed by atoms with E-state index in [4.69, 9.17) is 5.73 Å². The van der Waals surface area contributed by atoms with Gasteiger partial charge in [-0.3, -0.25) is 15.3 Å². The van der Waals surface area contributed by atoms with Crippen molar-refractivity contribution < 1.29 is 35.4 Å². The van der Waals surface area contributed by atoms with Crippen molar-refractivity contribution in [2.45, 2.75) is 16.7 Å². The smallest absolute Gasteiger partial charge is 0.294 e. The molecule has 32 heavy (non-hydrogen) atoms. The normalized spacial score (nSPS) is 12.6. The minimum absolute atomic E-state index is 0.0189. The molecule has 2 aromatic carbocycles. The Bertz CT molecular complexity index is 1370. The van der Waals surface area contributed by atoms with Crippen molar-refractivity contribution in [2.24, 2.45) is 0 Å². The molecule has 0 aliphatic heterocycles. The van der Waals surface area contributed by atoms with E-state index in [0.717, 1.165) is 30.3 Å². The van der Waals surface area contributed by atoms with Crippen LogP contribution in [-0.4, -0.2) is 52.7 Å². The first-order valence-corrected chi connectivity index (χ1v) is 13.3. The number of nitrogens with two attached hydrogens (primary N) is 1. The van der Waals surface area contributed by atoms with E-state index in [0.29, 0.717) is 6.26 Å². The summed E-state index contributed by atoms with van der Waals surface area (Å²) >= 11 is 0. The van der Waals surface area contributed by atoms with Gasteiger partial charge in [-0.15, -0.1) is 4.13 Å². The zero-order valence-corrected chi connectivity index (χ0v) is 19.0. The fraction of sp³-hybridized carbons (Fsp3) is 0.200. The molecule has 17 heteroatoms. The molecule has 0 fully saturated rings. The van der Waals surface area contributed by atoms with Crippen LogP contribution in [-0.2, 0) is 30.1 Å². The van der Waals surface area contributed by atoms with Crippen molar-refractivity contribution in [3.05, 3.63) is 46.5 Å². The maximum atomic E-state index is 12.3. The predicted molar refractivity (Wildman–Crippen MR) is 114 cm³/mol. The number of sulfonamides is 3. The van der Waals surface area contributed by atoms with Crippen LogP contribution in [0, 0.1) is 10.1 Å². The number of hydroxylamine groups is 1. The van der Waals surface area contributed by atoms with Gasteiger partial charge in [-0.1, -0.05) is 4.47 Å². The third kappa shape index (κ3) is 5.69. The lowest BCUT2D eigenvalue weighted by atomic mass is 10.2. The first kappa shape index (κ1) is 25.4. The van der Waals surface area contributed by atoms with E-state index >= 15 is 0 Å². The highest BCUT2D eigenvalue weighted by molar-refractivity contribution is 8.04. The number of nitrogen functional groups attached to an aromatic ring is 1. The number of nitro benzene ring substituents is 1. The van der Waals surface area contributed by atoms with Gasteiger partial charge in [-0.25, -0.2) is 25.3 Å². The zero-order valence-electron chi connectivity index (χ0n) is 16.6. The topological polar surface area (TPSA) is 219 Å². The number of nitro groups is 1. The molecule has 0 amide bonds. The van der Waals surface area contributed by atoms with Gasteiger partial charge in [0.25, 0.3) is 25.7 Å². The highest BCUT2D eigenvalue weighted by Gasteiger charge is 2.26. The van der Waals surface area contributed by atoms with E-state index in [1.165, 1.54) is 17.1 Å². The molecule has 0 heterocycles. The third-order valence-electron chi connectivity index (χ3n) is 3.85. The number of hydrogen-bond acceptors (Lipinski definition) is 11. The Morgan fingerprint density at radius 3 is 2.25 bits per heavy atom. The number of nitrogens with one attached hydrogen (secondary N) is 2. The summed E-state index contributed by atoms with van der Waals surface area (Å²) in [5, 5.41) is 23.6. The maximum Gasteiger partial charge on any atom is 0.294 e. The first-order chi connectivity index (χ1) is 14.6. The molecule has 0 aliphatic rings. The number of hydrogen-bond donors (Lipinski definition) is 4. The van der Waals surface area contributed by atoms with Crippen molar-refractivity contribution in [1.82, 2.24) is 8.60 Å². The summed E-state index contributed by atoms with van der Waals surface area (Å²) in [6.07, 6.45) is 0.633. The highest BCUT2D eigenvalue weighted by atomic mass is 32.3. The van der Waals surface area contributed by atoms with Gasteiger partial charge in [0.05, 0.1) is 21.8 Å². The SMILES string of the molecule is CCN(O)S(=O)(=O)c1ccc(Nc2ccc(N)c(S(=O)(=O)NS(C)(=O)=O)c2)c([N+](=O)[O-])c1. The quantitative estimate of drug-likeness (QED) is 0.208. The second-order valence-corrected chi connectivity index (χ2v) is 11.8. The molecule has 0 bridgehead atoms. The fourth-order valence-corrected chi connectivity index (χ4v) is 6.16. The lowest BCUT2D eigenvalue weighted by Gasteiger charge is -2.14. The molecule has 5 N–H and O–H groups in total. The molecular weight excluding hydrogens is 490 g/mol. The Balaban J connectivity index is 2.53. The van der Waals surface area contributed by atoms with Crippen molar-refractivity contribution >= 4 is 52.8 Å². The molecule has 0 saturated heterocycles. The Morgan fingerprint density at radius 2 is 1.72 bits per heavy atom. The largest absolute Gasteiger partial charge is 0.398 e. The van der Waals surface area contributed by atoms with E-state index in [1.807, 2.05) is 0 Å². The van der Waals surface area contributed by atoms with Crippen LogP contribution in [0.3, 0.4) is 0 Å². The van der Waals surface area contributed by atoms with Gasteiger partial charge < -0.3 is 11.1 Å². The van der Waals surface area contributed by atoms with Crippen molar-refractivity contribution in [3.8, 4) is 0 Å². The van der Waals surface area contributed by atoms with Crippen LogP contribution in [0.2, 0.25) is 0 Å². The predicted octanol–water partition coefficient (Wildman–Crippen LogP) is 0.558. The van der Waals surface area contributed by atoms with Crippen molar-refractivity contribution in [3.63, 3.8) is 0 Å². The van der Waals surface area contributed by atoms with E-state index in [-0.39, 0.29) is 28.1 Å². The summed E-state index contributed by atoms with van der Waals surface area (Å²) < 4.78 is 73.1. The molecule has 14 nitrogen and oxygen atoms in total. The first-order valence-electron chi connectivity index (χ1n) is 8.48. The van der Waals surface area contributed by atoms with E-state index < -0.39 is 50.5 Å². The monoisotopic (exact) mass is 509 g/mol. The Hall–Kier alpha value is -2.83. The highest BCUT2D eigenvalue weighted by Crippen LogP contribution is 2.32. The van der Waals surface area contributed by atoms with Gasteiger partial charge in [0.2, 0.25) is 10.0 Å². The minimum atomic E-state index is -4.58. The molecule has 2 aromatic rings. The van der Waals surface area contributed by atoms with Crippen LogP contribution in [0.5, 0.6) is 0 Å². The number of rotatable bonds is 9. The Morgan fingerprint density at radius 1 is 1.09 bits per heavy atom. The number of anilines is 3. The van der Waals surface area contributed by atoms with Crippen LogP contribution in [0.15, 0.2) is 46.2 Å². The molecule has 2 rings (SSSR count). The minimum Gasteiger partial charge on any atom is -0.398 e. The molecule has 0 unspecified atom stereocenters. The van der Waals surface area contributed by atoms with E-state index in [2.05, 4.69) is 5.32 Å². The van der Waals surface area contributed by atoms with Gasteiger partial charge in [0.1, 0.15) is 10.6 Å². The van der Waals surface area contributed by atoms with Gasteiger partial charge in [-0.05, 0) is 37.3 Å². The fourth-order valence-electron chi connectivity index (χ4n) is 2.46. The lowest BCUT2D eigenvalue weighted by Crippen LogP contribution is -2.30. The average molecular weight is 510 g/mol. The second-order valence-electron chi connectivity index (χ2n) is 6.32. The Kier molecular flexibility index (Phi) is 7.12. The molecular formula is C15H19N5O9S3. The third-order valence-corrected chi connectivity index (χ3v) is 8.54. The number of benzene rings is 2. The average Bonchev–Trinajstić information content (AvgIpc) is 2.66. The second kappa shape index (κ2) is 8.96. The van der Waals surface area contributed by atoms with Crippen LogP contribution in [0.25, 0.3) is 0 Å². The van der Waals surface area contributed by atoms with Gasteiger partial charge >= 0.3 is 0 Å². The van der Waals surface area contributed by atoms with Crippen LogP contribution >= 0.6 is 0 Å². The molecule has 0 radical (unpaired) electrons. The molecule has 0 saturated carbocycles. The summed E-state index contributed by atoms with van der Waals surface area (Å²) in [6, 6.07) is 6.13. The van der Waals surface area contributed by atoms with E-state index in [1.54, 1.807) is 0 Å². The van der Waals surface area contributed by atoms with Crippen LogP contribution < -0.4 is 15.2 Å². The van der Waals surface area contributed by atoms with Crippen molar-refractivity contribution in [2.75, 3.05) is 23.9 Å². The molecule has 176 valence electrons. The molecule has 0 aliphatic carbocycles. The standard InChI is InChI=1S/C15H19N5O9S3/c1-3-19(21)32(28,29)11-5-7-13(14(9-11)20(22)23)17-10-4-6-12(16)15(8-10)31(26,27)18-30(2,24)25/h4-9,17-18,21H,3,16H2,1-2H3. The van der Waals surface area contributed by atoms with E-state index in [9.17, 15) is 40.6 Å². The maximum absolute atomic E-state index is 12.3. The van der Waals surface area contributed by atoms with Gasteiger partial charge in [-0.2, -0.15) is 0 Å². The van der Waals surface area contributed by atoms with Gasteiger partial charge in [0.15, 0.2) is 0 Å². The van der Waals surface area contributed by atoms with Crippen LogP contribution in [0.4, 0.5) is 22.7 Å². The van der Waals surface area contributed by atoms with Gasteiger partial charge in [0, 0.05) is 18.3 Å². The van der Waals surface area contributed by atoms with Crippen LogP contribution in [0.1, 0.15) is 6.92 Å². The number of nitrogens with zero attached hydrogens (tertiary/aromatic N) is 2. The van der Waals surface area contributed by atoms with Crippen molar-refractivity contribution in [1.29, 1.82) is 0 Å².